The fraction of sp³-hybridized carbons (Fsp3) is 0.538. The first kappa shape index (κ1) is 14.9. The summed E-state index contributed by atoms with van der Waals surface area (Å²) in [6.07, 6.45) is 2.21. The van der Waals surface area contributed by atoms with E-state index in [1.807, 2.05) is 19.1 Å². The summed E-state index contributed by atoms with van der Waals surface area (Å²) in [6, 6.07) is 3.51. The Hall–Kier alpha value is -1.47. The Morgan fingerprint density at radius 3 is 2.75 bits per heavy atom. The molecule has 2 heterocycles. The van der Waals surface area contributed by atoms with Crippen molar-refractivity contribution in [3.63, 3.8) is 0 Å². The zero-order chi connectivity index (χ0) is 14.8. The predicted molar refractivity (Wildman–Crippen MR) is 74.1 cm³/mol. The molecule has 2 rings (SSSR count). The molecule has 1 aliphatic rings. The highest BCUT2D eigenvalue weighted by atomic mass is 32.2. The number of pyridine rings is 1. The minimum Gasteiger partial charge on any atom is -0.480 e. The van der Waals surface area contributed by atoms with Crippen LogP contribution in [0.15, 0.2) is 18.3 Å². The summed E-state index contributed by atoms with van der Waals surface area (Å²) in [5.74, 6) is -0.789. The van der Waals surface area contributed by atoms with Crippen LogP contribution in [0.4, 0.5) is 0 Å². The highest BCUT2D eigenvalue weighted by Gasteiger charge is 2.33. The van der Waals surface area contributed by atoms with Crippen LogP contribution in [-0.2, 0) is 21.2 Å². The summed E-state index contributed by atoms with van der Waals surface area (Å²) >= 11 is 0. The molecule has 6 nitrogen and oxygen atoms in total. The van der Waals surface area contributed by atoms with Crippen molar-refractivity contribution in [2.45, 2.75) is 25.9 Å². The van der Waals surface area contributed by atoms with Crippen molar-refractivity contribution in [1.82, 2.24) is 9.88 Å². The molecule has 1 aromatic heterocycles. The van der Waals surface area contributed by atoms with Crippen molar-refractivity contribution in [1.29, 1.82) is 0 Å². The fourth-order valence-corrected chi connectivity index (χ4v) is 4.11. The van der Waals surface area contributed by atoms with Gasteiger partial charge in [0.2, 0.25) is 0 Å². The van der Waals surface area contributed by atoms with E-state index in [2.05, 4.69) is 4.98 Å². The molecule has 1 N–H and O–H groups in total. The van der Waals surface area contributed by atoms with Crippen molar-refractivity contribution < 1.29 is 18.3 Å². The van der Waals surface area contributed by atoms with Gasteiger partial charge >= 0.3 is 5.97 Å². The average Bonchev–Trinajstić information content (AvgIpc) is 2.71. The Labute approximate surface area is 118 Å². The molecule has 1 aliphatic heterocycles. The van der Waals surface area contributed by atoms with E-state index in [0.29, 0.717) is 13.0 Å². The van der Waals surface area contributed by atoms with E-state index in [0.717, 1.165) is 11.3 Å². The third-order valence-electron chi connectivity index (χ3n) is 3.40. The van der Waals surface area contributed by atoms with Crippen LogP contribution in [0.2, 0.25) is 0 Å². The largest absolute Gasteiger partial charge is 0.480 e. The van der Waals surface area contributed by atoms with Gasteiger partial charge < -0.3 is 5.11 Å². The Kier molecular flexibility index (Phi) is 4.39. The second-order valence-electron chi connectivity index (χ2n) is 5.18. The van der Waals surface area contributed by atoms with Gasteiger partial charge in [-0.1, -0.05) is 6.07 Å². The van der Waals surface area contributed by atoms with Gasteiger partial charge in [-0.25, -0.2) is 8.42 Å². The van der Waals surface area contributed by atoms with E-state index in [4.69, 9.17) is 5.11 Å². The summed E-state index contributed by atoms with van der Waals surface area (Å²) in [5.41, 5.74) is 1.78. The molecule has 0 aromatic carbocycles. The highest BCUT2D eigenvalue weighted by Crippen LogP contribution is 2.19. The molecule has 1 unspecified atom stereocenters. The number of aliphatic carboxylic acids is 1. The molecular weight excluding hydrogens is 280 g/mol. The van der Waals surface area contributed by atoms with E-state index in [-0.39, 0.29) is 24.1 Å². The number of hydrogen-bond donors (Lipinski definition) is 1. The molecule has 0 aliphatic carbocycles. The topological polar surface area (TPSA) is 87.6 Å². The van der Waals surface area contributed by atoms with Gasteiger partial charge in [0.25, 0.3) is 0 Å². The van der Waals surface area contributed by atoms with Crippen LogP contribution < -0.4 is 0 Å². The zero-order valence-electron chi connectivity index (χ0n) is 11.3. The number of aryl methyl sites for hydroxylation is 1. The van der Waals surface area contributed by atoms with Crippen LogP contribution in [0.3, 0.4) is 0 Å². The number of carboxylic acids is 1. The molecule has 20 heavy (non-hydrogen) atoms. The number of aromatic nitrogens is 1. The van der Waals surface area contributed by atoms with Crippen molar-refractivity contribution in [2.24, 2.45) is 0 Å². The van der Waals surface area contributed by atoms with Crippen LogP contribution in [-0.4, -0.2) is 53.5 Å². The van der Waals surface area contributed by atoms with Gasteiger partial charge in [0.1, 0.15) is 0 Å². The Morgan fingerprint density at radius 1 is 1.50 bits per heavy atom. The number of nitrogens with zero attached hydrogens (tertiary/aromatic N) is 2. The molecule has 0 amide bonds. The van der Waals surface area contributed by atoms with Crippen LogP contribution in [0, 0.1) is 6.92 Å². The predicted octanol–water partition coefficient (Wildman–Crippen LogP) is 0.464. The van der Waals surface area contributed by atoms with Crippen LogP contribution in [0.5, 0.6) is 0 Å². The molecule has 1 atom stereocenters. The smallest absolute Gasteiger partial charge is 0.317 e. The molecule has 1 saturated heterocycles. The maximum absolute atomic E-state index is 11.5. The number of hydrogen-bond acceptors (Lipinski definition) is 5. The second kappa shape index (κ2) is 5.88. The van der Waals surface area contributed by atoms with Crippen LogP contribution in [0.25, 0.3) is 0 Å². The van der Waals surface area contributed by atoms with E-state index >= 15 is 0 Å². The lowest BCUT2D eigenvalue weighted by atomic mass is 10.2. The van der Waals surface area contributed by atoms with Crippen LogP contribution in [0.1, 0.15) is 17.7 Å². The molecule has 0 saturated carbocycles. The van der Waals surface area contributed by atoms with Gasteiger partial charge in [0.15, 0.2) is 9.84 Å². The van der Waals surface area contributed by atoms with Crippen molar-refractivity contribution in [3.05, 3.63) is 29.6 Å². The van der Waals surface area contributed by atoms with Gasteiger partial charge in [-0.3, -0.25) is 14.7 Å². The summed E-state index contributed by atoms with van der Waals surface area (Å²) < 4.78 is 23.1. The normalized spacial score (nSPS) is 21.2. The number of carboxylic acid groups (broad SMARTS) is 1. The minimum atomic E-state index is -3.03. The maximum atomic E-state index is 11.5. The molecule has 0 bridgehead atoms. The summed E-state index contributed by atoms with van der Waals surface area (Å²) in [6.45, 7) is 2.11. The highest BCUT2D eigenvalue weighted by molar-refractivity contribution is 7.91. The summed E-state index contributed by atoms with van der Waals surface area (Å²) in [7, 11) is -3.03. The molecule has 0 spiro atoms. The lowest BCUT2D eigenvalue weighted by Crippen LogP contribution is -2.39. The lowest BCUT2D eigenvalue weighted by molar-refractivity contribution is -0.139. The number of sulfone groups is 1. The molecule has 110 valence electrons. The average molecular weight is 298 g/mol. The molecular formula is C13H18N2O4S. The third kappa shape index (κ3) is 4.01. The lowest BCUT2D eigenvalue weighted by Gasteiger charge is -2.25. The van der Waals surface area contributed by atoms with E-state index in [1.165, 1.54) is 0 Å². The summed E-state index contributed by atoms with van der Waals surface area (Å²) in [4.78, 5) is 16.9. The van der Waals surface area contributed by atoms with E-state index in [1.54, 1.807) is 11.1 Å². The fourth-order valence-electron chi connectivity index (χ4n) is 2.35. The minimum absolute atomic E-state index is 0.0339. The third-order valence-corrected chi connectivity index (χ3v) is 5.15. The Bertz CT molecular complexity index is 583. The molecule has 1 aromatic rings. The van der Waals surface area contributed by atoms with Crippen molar-refractivity contribution in [2.75, 3.05) is 18.1 Å². The van der Waals surface area contributed by atoms with Crippen molar-refractivity contribution in [3.8, 4) is 0 Å². The summed E-state index contributed by atoms with van der Waals surface area (Å²) in [5, 5.41) is 8.98. The number of carbonyl (C=O) groups is 1. The van der Waals surface area contributed by atoms with Gasteiger partial charge in [-0.05, 0) is 25.0 Å². The molecule has 7 heteroatoms. The first-order chi connectivity index (χ1) is 9.35. The zero-order valence-corrected chi connectivity index (χ0v) is 12.1. The number of rotatable bonds is 5. The monoisotopic (exact) mass is 298 g/mol. The maximum Gasteiger partial charge on any atom is 0.317 e. The van der Waals surface area contributed by atoms with Gasteiger partial charge in [-0.15, -0.1) is 0 Å². The van der Waals surface area contributed by atoms with Crippen LogP contribution >= 0.6 is 0 Å². The second-order valence-corrected chi connectivity index (χ2v) is 7.41. The van der Waals surface area contributed by atoms with Crippen molar-refractivity contribution >= 4 is 15.8 Å². The molecule has 1 fully saturated rings. The SMILES string of the molecule is Cc1ccc(CN(CC(=O)O)C2CCS(=O)(=O)C2)nc1. The standard InChI is InChI=1S/C13H18N2O4S/c1-10-2-3-11(14-6-10)7-15(8-13(16)17)12-4-5-20(18,19)9-12/h2-3,6,12H,4-5,7-9H2,1H3,(H,16,17). The Balaban J connectivity index is 2.11. The van der Waals surface area contributed by atoms with E-state index in [9.17, 15) is 13.2 Å². The quantitative estimate of drug-likeness (QED) is 0.850. The Morgan fingerprint density at radius 2 is 2.25 bits per heavy atom. The molecule has 0 radical (unpaired) electrons. The van der Waals surface area contributed by atoms with Gasteiger partial charge in [0, 0.05) is 18.8 Å². The van der Waals surface area contributed by atoms with Gasteiger partial charge in [0.05, 0.1) is 23.7 Å². The first-order valence-electron chi connectivity index (χ1n) is 6.43. The van der Waals surface area contributed by atoms with E-state index < -0.39 is 15.8 Å². The first-order valence-corrected chi connectivity index (χ1v) is 8.26. The van der Waals surface area contributed by atoms with Gasteiger partial charge in [-0.2, -0.15) is 0 Å².